The summed E-state index contributed by atoms with van der Waals surface area (Å²) in [5, 5.41) is 2.75. The molecule has 0 aliphatic heterocycles. The highest BCUT2D eigenvalue weighted by Gasteiger charge is 2.29. The van der Waals surface area contributed by atoms with E-state index in [1.165, 1.54) is 22.3 Å². The van der Waals surface area contributed by atoms with Gasteiger partial charge in [0.1, 0.15) is 6.61 Å². The molecule has 38 heteroatoms. The first-order valence-corrected chi connectivity index (χ1v) is 43.7. The number of benzene rings is 2. The van der Waals surface area contributed by atoms with Gasteiger partial charge in [-0.3, -0.25) is 0 Å². The van der Waals surface area contributed by atoms with Crippen molar-refractivity contribution in [2.45, 2.75) is 5.92 Å². The molecule has 0 saturated heterocycles. The molecular weight excluding hydrogens is 1620 g/mol. The molecule has 1 aliphatic carbocycles. The lowest BCUT2D eigenvalue weighted by molar-refractivity contribution is -0.0326. The molecule has 0 unspecified atom stereocenters. The van der Waals surface area contributed by atoms with Crippen molar-refractivity contribution in [2.24, 2.45) is 5.73 Å². The van der Waals surface area contributed by atoms with Gasteiger partial charge < -0.3 is 177 Å². The van der Waals surface area contributed by atoms with E-state index in [1.54, 1.807) is 0 Å². The molecule has 3 rings (SSSR count). The third kappa shape index (κ3) is 80.2. The third-order valence-electron chi connectivity index (χ3n) is 16.4. The zero-order chi connectivity index (χ0) is 86.8. The molecule has 3 N–H and O–H groups in total. The monoisotopic (exact) mass is 1780 g/mol. The van der Waals surface area contributed by atoms with Crippen LogP contribution in [0.15, 0.2) is 48.5 Å². The molecule has 0 aromatic heterocycles. The summed E-state index contributed by atoms with van der Waals surface area (Å²) < 4.78 is 193. The van der Waals surface area contributed by atoms with Crippen molar-refractivity contribution < 1.29 is 171 Å². The third-order valence-corrected chi connectivity index (χ3v) is 16.4. The lowest BCUT2D eigenvalue weighted by Crippen LogP contribution is -2.29. The maximum absolute atomic E-state index is 12.3. The van der Waals surface area contributed by atoms with Gasteiger partial charge in [0.05, 0.1) is 449 Å². The van der Waals surface area contributed by atoms with E-state index >= 15 is 0 Å². The molecule has 123 heavy (non-hydrogen) atoms. The molecule has 1 amide bonds. The number of nitrogens with one attached hydrogen (secondary N) is 1. The van der Waals surface area contributed by atoms with Crippen molar-refractivity contribution in [3.63, 3.8) is 0 Å². The first-order valence-electron chi connectivity index (χ1n) is 43.7. The minimum absolute atomic E-state index is 0.0242. The first-order chi connectivity index (χ1) is 61.3. The molecule has 2 aromatic rings. The van der Waals surface area contributed by atoms with Crippen LogP contribution in [0.25, 0.3) is 11.1 Å². The van der Waals surface area contributed by atoms with Crippen LogP contribution in [0.5, 0.6) is 0 Å². The molecule has 0 fully saturated rings. The number of hydrogen-bond donors (Lipinski definition) is 2. The molecule has 0 atom stereocenters. The lowest BCUT2D eigenvalue weighted by atomic mass is 9.98. The van der Waals surface area contributed by atoms with Crippen LogP contribution in [0.2, 0.25) is 0 Å². The van der Waals surface area contributed by atoms with Gasteiger partial charge >= 0.3 is 6.09 Å². The predicted octanol–water partition coefficient (Wildman–Crippen LogP) is 3.05. The second kappa shape index (κ2) is 97.4. The van der Waals surface area contributed by atoms with E-state index in [0.29, 0.717) is 462 Å². The smallest absolute Gasteiger partial charge is 0.407 e. The number of nitrogens with two attached hydrogens (primary N) is 1. The number of alkyl carbamates (subject to hydrolysis) is 1. The molecule has 1 aliphatic rings. The van der Waals surface area contributed by atoms with Crippen LogP contribution in [0.4, 0.5) is 4.79 Å². The van der Waals surface area contributed by atoms with E-state index in [2.05, 4.69) is 29.6 Å². The maximum atomic E-state index is 12.3. The van der Waals surface area contributed by atoms with Gasteiger partial charge in [0.25, 0.3) is 0 Å². The van der Waals surface area contributed by atoms with Gasteiger partial charge in [0.15, 0.2) is 0 Å². The quantitative estimate of drug-likeness (QED) is 0.0899. The fraction of sp³-hybridized carbons (Fsp3) is 0.847. The van der Waals surface area contributed by atoms with Gasteiger partial charge in [-0.2, -0.15) is 0 Å². The van der Waals surface area contributed by atoms with Crippen LogP contribution in [0.3, 0.4) is 0 Å². The van der Waals surface area contributed by atoms with Crippen molar-refractivity contribution in [1.29, 1.82) is 0 Å². The largest absolute Gasteiger partial charge is 0.449 e. The summed E-state index contributed by atoms with van der Waals surface area (Å²) in [6.45, 7) is 33.6. The van der Waals surface area contributed by atoms with E-state index in [1.807, 2.05) is 24.3 Å². The fourth-order valence-electron chi connectivity index (χ4n) is 10.3. The molecule has 38 nitrogen and oxygen atoms in total. The summed E-state index contributed by atoms with van der Waals surface area (Å²) in [6.07, 6.45) is -0.461. The van der Waals surface area contributed by atoms with Crippen molar-refractivity contribution in [3.8, 4) is 11.1 Å². The highest BCUT2D eigenvalue weighted by molar-refractivity contribution is 5.79. The SMILES string of the molecule is NCCOCCOCCOCCOCCOCCOCCOCCOCCOCCOCCOCCOCCOCCOCCOCCOCCOCCOCCOCCOCCOCCOCCOCCOCCOCCOCCOCCOCCOCCOCCOCCOCCOCCOCCNC(=O)OCC1c2ccccc2-c2ccccc21. The highest BCUT2D eigenvalue weighted by Crippen LogP contribution is 2.44. The van der Waals surface area contributed by atoms with E-state index in [9.17, 15) is 4.79 Å². The zero-order valence-electron chi connectivity index (χ0n) is 73.7. The molecule has 0 saturated carbocycles. The number of amides is 1. The van der Waals surface area contributed by atoms with Crippen LogP contribution < -0.4 is 11.1 Å². The zero-order valence-corrected chi connectivity index (χ0v) is 73.7. The molecule has 0 bridgehead atoms. The Hall–Kier alpha value is -3.69. The molecule has 720 valence electrons. The molecule has 0 heterocycles. The predicted molar refractivity (Wildman–Crippen MR) is 450 cm³/mol. The van der Waals surface area contributed by atoms with Crippen molar-refractivity contribution in [1.82, 2.24) is 5.32 Å². The molecule has 0 radical (unpaired) electrons. The standard InChI is InChI=1S/C85H154N2O36/c86-9-11-89-13-15-91-17-19-93-21-23-95-25-27-97-29-31-99-33-35-101-37-39-103-41-43-105-45-47-107-49-51-109-53-55-111-57-59-113-61-63-115-65-67-117-69-71-119-73-75-121-77-78-122-76-74-120-72-70-118-68-66-116-64-62-114-60-58-112-56-54-110-52-50-108-48-46-106-44-42-104-40-38-102-36-34-100-32-30-98-28-26-96-24-22-94-20-18-92-16-14-90-12-10-87-85(88)123-79-84-82-7-3-1-5-80(82)81-6-2-4-8-83(81)84/h1-8,84H,9-79,86H2,(H,87,88). The minimum atomic E-state index is -0.461. The molecular formula is C85H154N2O36. The number of carbonyl (C=O) groups excluding carboxylic acids is 1. The second-order valence-electron chi connectivity index (χ2n) is 25.9. The van der Waals surface area contributed by atoms with Crippen LogP contribution in [0, 0.1) is 0 Å². The lowest BCUT2D eigenvalue weighted by Gasteiger charge is -2.14. The minimum Gasteiger partial charge on any atom is -0.449 e. The van der Waals surface area contributed by atoms with E-state index in [4.69, 9.17) is 172 Å². The average molecular weight is 1780 g/mol. The number of fused-ring (bicyclic) bond motifs is 3. The molecule has 2 aromatic carbocycles. The number of ether oxygens (including phenoxy) is 35. The Labute approximate surface area is 730 Å². The fourth-order valence-corrected chi connectivity index (χ4v) is 10.3. The Morgan fingerprint density at radius 3 is 0.472 bits per heavy atom. The summed E-state index contributed by atoms with van der Waals surface area (Å²) in [4.78, 5) is 12.3. The van der Waals surface area contributed by atoms with Crippen molar-refractivity contribution in [3.05, 3.63) is 59.7 Å². The van der Waals surface area contributed by atoms with Crippen molar-refractivity contribution in [2.75, 3.05) is 469 Å². The van der Waals surface area contributed by atoms with E-state index in [-0.39, 0.29) is 12.5 Å². The number of carbonyl (C=O) groups is 1. The van der Waals surface area contributed by atoms with Crippen LogP contribution >= 0.6 is 0 Å². The number of rotatable bonds is 106. The summed E-state index contributed by atoms with van der Waals surface area (Å²) >= 11 is 0. The maximum Gasteiger partial charge on any atom is 0.407 e. The van der Waals surface area contributed by atoms with Gasteiger partial charge in [0.2, 0.25) is 0 Å². The first kappa shape index (κ1) is 113. The summed E-state index contributed by atoms with van der Waals surface area (Å²) in [7, 11) is 0. The molecule has 0 spiro atoms. The van der Waals surface area contributed by atoms with E-state index < -0.39 is 6.09 Å². The van der Waals surface area contributed by atoms with Crippen molar-refractivity contribution >= 4 is 6.09 Å². The van der Waals surface area contributed by atoms with Gasteiger partial charge in [-0.05, 0) is 22.3 Å². The number of hydrogen-bond acceptors (Lipinski definition) is 37. The van der Waals surface area contributed by atoms with Gasteiger partial charge in [0, 0.05) is 19.0 Å². The second-order valence-corrected chi connectivity index (χ2v) is 25.9. The van der Waals surface area contributed by atoms with Crippen LogP contribution in [0.1, 0.15) is 17.0 Å². The average Bonchev–Trinajstić information content (AvgIpc) is 1.62. The Morgan fingerprint density at radius 2 is 0.325 bits per heavy atom. The summed E-state index contributed by atoms with van der Waals surface area (Å²) in [5.41, 5.74) is 10.1. The summed E-state index contributed by atoms with van der Waals surface area (Å²) in [6, 6.07) is 16.5. The Kier molecular flexibility index (Phi) is 89.8. The topological polar surface area (TPSA) is 378 Å². The highest BCUT2D eigenvalue weighted by atomic mass is 16.6. The van der Waals surface area contributed by atoms with Crippen LogP contribution in [-0.2, 0) is 166 Å². The van der Waals surface area contributed by atoms with E-state index in [0.717, 1.165) is 0 Å². The Balaban J connectivity index is 0.826. The van der Waals surface area contributed by atoms with Gasteiger partial charge in [-0.1, -0.05) is 48.5 Å². The summed E-state index contributed by atoms with van der Waals surface area (Å²) in [5.74, 6) is 0.0242. The normalized spacial score (nSPS) is 12.1. The Bertz CT molecular complexity index is 2360. The van der Waals surface area contributed by atoms with Gasteiger partial charge in [-0.15, -0.1) is 0 Å². The van der Waals surface area contributed by atoms with Crippen LogP contribution in [-0.4, -0.2) is 475 Å². The van der Waals surface area contributed by atoms with Gasteiger partial charge in [-0.25, -0.2) is 4.79 Å². The Morgan fingerprint density at radius 1 is 0.195 bits per heavy atom.